The minimum Gasteiger partial charge on any atom is -0.461 e. The Kier molecular flexibility index (Phi) is 14.2. The molecule has 0 spiro atoms. The number of nitrogen functional groups attached to an aromatic ring is 1. The van der Waals surface area contributed by atoms with Gasteiger partial charge in [0.15, 0.2) is 11.5 Å². The van der Waals surface area contributed by atoms with Crippen molar-refractivity contribution < 1.29 is 19.1 Å². The van der Waals surface area contributed by atoms with E-state index in [1.807, 2.05) is 109 Å². The number of imidazole rings is 1. The van der Waals surface area contributed by atoms with Crippen molar-refractivity contribution in [3.63, 3.8) is 0 Å². The van der Waals surface area contributed by atoms with E-state index in [2.05, 4.69) is 84.9 Å². The van der Waals surface area contributed by atoms with Crippen molar-refractivity contribution in [1.82, 2.24) is 29.8 Å². The van der Waals surface area contributed by atoms with Crippen LogP contribution in [-0.2, 0) is 33.7 Å². The molecule has 12 nitrogen and oxygen atoms in total. The van der Waals surface area contributed by atoms with Gasteiger partial charge in [-0.15, -0.1) is 16.9 Å². The van der Waals surface area contributed by atoms with Gasteiger partial charge in [-0.1, -0.05) is 146 Å². The Morgan fingerprint density at radius 3 is 1.91 bits per heavy atom. The Labute approximate surface area is 402 Å². The van der Waals surface area contributed by atoms with Crippen LogP contribution in [0.15, 0.2) is 163 Å². The number of hydrogen-bond donors (Lipinski definition) is 1. The van der Waals surface area contributed by atoms with E-state index in [-0.39, 0.29) is 6.61 Å². The zero-order valence-corrected chi connectivity index (χ0v) is 40.1. The zero-order chi connectivity index (χ0) is 47.8. The Morgan fingerprint density at radius 1 is 0.750 bits per heavy atom. The smallest absolute Gasteiger partial charge is 0.414 e. The van der Waals surface area contributed by atoms with Crippen molar-refractivity contribution in [2.24, 2.45) is 0 Å². The summed E-state index contributed by atoms with van der Waals surface area (Å²) in [6.07, 6.45) is 0.991. The number of ether oxygens (including phenoxy) is 2. The van der Waals surface area contributed by atoms with Gasteiger partial charge >= 0.3 is 12.1 Å². The van der Waals surface area contributed by atoms with Crippen molar-refractivity contribution in [3.05, 3.63) is 197 Å². The van der Waals surface area contributed by atoms with Crippen molar-refractivity contribution in [3.8, 4) is 22.5 Å². The highest BCUT2D eigenvalue weighted by Crippen LogP contribution is 2.43. The van der Waals surface area contributed by atoms with Gasteiger partial charge in [-0.05, 0) is 96.1 Å². The van der Waals surface area contributed by atoms with E-state index in [1.165, 1.54) is 16.7 Å². The molecular weight excluding hydrogens is 869 g/mol. The van der Waals surface area contributed by atoms with Crippen LogP contribution in [0.2, 0.25) is 0 Å². The number of esters is 1. The Hall–Kier alpha value is -7.51. The molecule has 0 atom stereocenters. The molecule has 2 heterocycles. The summed E-state index contributed by atoms with van der Waals surface area (Å²) in [4.78, 5) is 34.1. The van der Waals surface area contributed by atoms with E-state index >= 15 is 0 Å². The summed E-state index contributed by atoms with van der Waals surface area (Å²) < 4.78 is 15.2. The standard InChI is InChI=1S/C55H56N8O4S/c1-7-20-49-57-47(37-68-43-33-34-46(56)48(35-43)61(6)53(65)67-54(3,4)5)50(52(64)66-8-2)62(49)36-38-29-31-39(32-30-38)44-27-18-19-28-45(44)51-58-59-60-63(51)55(40-21-12-9-13-22-40,41-23-14-10-15-24-41)42-25-16-11-17-26-42/h9-19,21-35H,7-8,20,36-37,56H2,1-6H3. The summed E-state index contributed by atoms with van der Waals surface area (Å²) in [7, 11) is 1.64. The number of tetrazole rings is 1. The number of amides is 1. The number of aryl methyl sites for hydroxylation is 1. The van der Waals surface area contributed by atoms with Gasteiger partial charge < -0.3 is 19.8 Å². The van der Waals surface area contributed by atoms with Gasteiger partial charge in [-0.2, -0.15) is 0 Å². The largest absolute Gasteiger partial charge is 0.461 e. The fourth-order valence-electron chi connectivity index (χ4n) is 8.54. The summed E-state index contributed by atoms with van der Waals surface area (Å²) in [5, 5.41) is 13.9. The molecule has 2 N–H and O–H groups in total. The van der Waals surface area contributed by atoms with Crippen LogP contribution in [0.3, 0.4) is 0 Å². The second-order valence-corrected chi connectivity index (χ2v) is 18.4. The highest BCUT2D eigenvalue weighted by Gasteiger charge is 2.42. The molecular formula is C55H56N8O4S. The van der Waals surface area contributed by atoms with E-state index in [0.717, 1.165) is 56.1 Å². The third kappa shape index (κ3) is 9.79. The minimum atomic E-state index is -0.912. The van der Waals surface area contributed by atoms with E-state index in [1.54, 1.807) is 20.0 Å². The van der Waals surface area contributed by atoms with Gasteiger partial charge in [0.25, 0.3) is 0 Å². The maximum absolute atomic E-state index is 13.9. The lowest BCUT2D eigenvalue weighted by molar-refractivity contribution is 0.0511. The number of carbonyl (C=O) groups excluding carboxylic acids is 2. The van der Waals surface area contributed by atoms with Gasteiger partial charge in [0.05, 0.1) is 23.7 Å². The molecule has 13 heteroatoms. The molecule has 1 amide bonds. The Balaban J connectivity index is 1.13. The number of hydrogen-bond acceptors (Lipinski definition) is 10. The Bertz CT molecular complexity index is 2890. The topological polar surface area (TPSA) is 143 Å². The van der Waals surface area contributed by atoms with E-state index in [9.17, 15) is 9.59 Å². The summed E-state index contributed by atoms with van der Waals surface area (Å²) in [6.45, 7) is 9.98. The zero-order valence-electron chi connectivity index (χ0n) is 39.3. The van der Waals surface area contributed by atoms with Gasteiger partial charge in [0.1, 0.15) is 17.0 Å². The van der Waals surface area contributed by atoms with Crippen LogP contribution in [0.25, 0.3) is 22.5 Å². The SMILES string of the molecule is CCCc1nc(CSc2ccc(N)c(N(C)C(=O)OC(C)(C)C)c2)c(C(=O)OCC)n1Cc1ccc(-c2ccccc2-c2nnnn2C(c2ccccc2)(c2ccccc2)c2ccccc2)cc1. The van der Waals surface area contributed by atoms with Crippen LogP contribution in [0.1, 0.15) is 85.3 Å². The van der Waals surface area contributed by atoms with Crippen LogP contribution in [0, 0.1) is 0 Å². The van der Waals surface area contributed by atoms with E-state index in [0.29, 0.717) is 47.3 Å². The first kappa shape index (κ1) is 47.0. The molecule has 346 valence electrons. The van der Waals surface area contributed by atoms with Crippen LogP contribution in [0.5, 0.6) is 0 Å². The first-order valence-corrected chi connectivity index (χ1v) is 23.8. The molecule has 2 aromatic heterocycles. The van der Waals surface area contributed by atoms with Crippen LogP contribution in [-0.4, -0.2) is 61.1 Å². The highest BCUT2D eigenvalue weighted by atomic mass is 32.2. The number of thioether (sulfide) groups is 1. The van der Waals surface area contributed by atoms with Gasteiger partial charge in [-0.25, -0.2) is 19.3 Å². The van der Waals surface area contributed by atoms with Crippen molar-refractivity contribution in [2.45, 2.75) is 75.8 Å². The molecule has 8 rings (SSSR count). The summed E-state index contributed by atoms with van der Waals surface area (Å²) in [6, 6.07) is 53.2. The van der Waals surface area contributed by atoms with Gasteiger partial charge in [-0.3, -0.25) is 4.90 Å². The lowest BCUT2D eigenvalue weighted by Gasteiger charge is -2.36. The summed E-state index contributed by atoms with van der Waals surface area (Å²) >= 11 is 1.50. The molecule has 0 bridgehead atoms. The van der Waals surface area contributed by atoms with Gasteiger partial charge in [0.2, 0.25) is 0 Å². The Morgan fingerprint density at radius 2 is 1.34 bits per heavy atom. The minimum absolute atomic E-state index is 0.221. The molecule has 68 heavy (non-hydrogen) atoms. The highest BCUT2D eigenvalue weighted by molar-refractivity contribution is 7.98. The van der Waals surface area contributed by atoms with Crippen molar-refractivity contribution >= 4 is 35.2 Å². The van der Waals surface area contributed by atoms with E-state index in [4.69, 9.17) is 30.5 Å². The maximum atomic E-state index is 13.9. The fraction of sp³-hybridized carbons (Fsp3) is 0.236. The summed E-state index contributed by atoms with van der Waals surface area (Å²) in [5.74, 6) is 1.36. The molecule has 0 aliphatic rings. The number of nitrogens with two attached hydrogens (primary N) is 1. The lowest BCUT2D eigenvalue weighted by atomic mass is 9.77. The van der Waals surface area contributed by atoms with Crippen LogP contribution >= 0.6 is 11.8 Å². The second kappa shape index (κ2) is 20.6. The van der Waals surface area contributed by atoms with E-state index < -0.39 is 23.2 Å². The molecule has 8 aromatic rings. The molecule has 6 aromatic carbocycles. The average molecular weight is 925 g/mol. The molecule has 0 saturated heterocycles. The third-order valence-corrected chi connectivity index (χ3v) is 12.6. The number of aromatic nitrogens is 6. The fourth-order valence-corrected chi connectivity index (χ4v) is 9.40. The second-order valence-electron chi connectivity index (χ2n) is 17.4. The molecule has 0 aliphatic heterocycles. The predicted molar refractivity (Wildman–Crippen MR) is 270 cm³/mol. The normalized spacial score (nSPS) is 11.6. The van der Waals surface area contributed by atoms with Crippen LogP contribution < -0.4 is 10.6 Å². The molecule has 0 aliphatic carbocycles. The number of nitrogens with zero attached hydrogens (tertiary/aromatic N) is 7. The average Bonchev–Trinajstić information content (AvgIpc) is 3.97. The quantitative estimate of drug-likeness (QED) is 0.0430. The number of rotatable bonds is 16. The first-order chi connectivity index (χ1) is 32.9. The molecule has 0 saturated carbocycles. The predicted octanol–water partition coefficient (Wildman–Crippen LogP) is 11.5. The molecule has 0 radical (unpaired) electrons. The van der Waals surface area contributed by atoms with Crippen molar-refractivity contribution in [2.75, 3.05) is 24.3 Å². The monoisotopic (exact) mass is 924 g/mol. The lowest BCUT2D eigenvalue weighted by Crippen LogP contribution is -2.39. The summed E-state index contributed by atoms with van der Waals surface area (Å²) in [5.41, 5.74) is 13.6. The van der Waals surface area contributed by atoms with Gasteiger partial charge in [0, 0.05) is 36.2 Å². The third-order valence-electron chi connectivity index (χ3n) is 11.6. The molecule has 0 unspecified atom stereocenters. The number of carbonyl (C=O) groups is 2. The maximum Gasteiger partial charge on any atom is 0.414 e. The first-order valence-electron chi connectivity index (χ1n) is 22.8. The van der Waals surface area contributed by atoms with Crippen molar-refractivity contribution in [1.29, 1.82) is 0 Å². The van der Waals surface area contributed by atoms with Crippen LogP contribution in [0.4, 0.5) is 16.2 Å². The molecule has 0 fully saturated rings. The number of benzene rings is 6. The number of anilines is 2.